The quantitative estimate of drug-likeness (QED) is 0.691. The predicted molar refractivity (Wildman–Crippen MR) is 43.1 cm³/mol. The molecule has 0 aromatic carbocycles. The van der Waals surface area contributed by atoms with Gasteiger partial charge in [0.15, 0.2) is 0 Å². The van der Waals surface area contributed by atoms with Crippen LogP contribution in [0.5, 0.6) is 0 Å². The van der Waals surface area contributed by atoms with Crippen LogP contribution >= 0.6 is 0 Å². The van der Waals surface area contributed by atoms with Gasteiger partial charge in [-0.2, -0.15) is 0 Å². The van der Waals surface area contributed by atoms with Crippen molar-refractivity contribution >= 4 is 0 Å². The molecule has 1 heterocycles. The van der Waals surface area contributed by atoms with Gasteiger partial charge < -0.3 is 10.1 Å². The minimum atomic E-state index is -0.793. The zero-order valence-electron chi connectivity index (χ0n) is 6.96. The Morgan fingerprint density at radius 3 is 2.91 bits per heavy atom. The number of hydrogen-bond donors (Lipinski definition) is 2. The van der Waals surface area contributed by atoms with Crippen LogP contribution in [0, 0.1) is 0 Å². The van der Waals surface area contributed by atoms with E-state index in [2.05, 4.69) is 9.97 Å². The van der Waals surface area contributed by atoms with Crippen LogP contribution < -0.4 is 0 Å². The van der Waals surface area contributed by atoms with E-state index in [1.165, 1.54) is 0 Å². The molecule has 0 aliphatic carbocycles. The average molecular weight is 154 g/mol. The van der Waals surface area contributed by atoms with Gasteiger partial charge in [0.1, 0.15) is 11.4 Å². The number of nitrogens with one attached hydrogen (secondary N) is 1. The lowest BCUT2D eigenvalue weighted by atomic mass is 10.0. The Bertz CT molecular complexity index is 204. The topological polar surface area (TPSA) is 48.9 Å². The van der Waals surface area contributed by atoms with Gasteiger partial charge in [-0.3, -0.25) is 0 Å². The van der Waals surface area contributed by atoms with E-state index in [4.69, 9.17) is 0 Å². The third-order valence-corrected chi connectivity index (χ3v) is 1.75. The van der Waals surface area contributed by atoms with Gasteiger partial charge in [-0.1, -0.05) is 13.3 Å². The van der Waals surface area contributed by atoms with Gasteiger partial charge in [0.25, 0.3) is 0 Å². The van der Waals surface area contributed by atoms with Crippen LogP contribution in [-0.2, 0) is 5.60 Å². The third kappa shape index (κ3) is 1.80. The van der Waals surface area contributed by atoms with Gasteiger partial charge in [-0.25, -0.2) is 4.98 Å². The maximum atomic E-state index is 9.78. The minimum absolute atomic E-state index is 0.652. The lowest BCUT2D eigenvalue weighted by Gasteiger charge is -2.19. The number of rotatable bonds is 3. The summed E-state index contributed by atoms with van der Waals surface area (Å²) in [4.78, 5) is 6.90. The maximum absolute atomic E-state index is 9.78. The average Bonchev–Trinajstić information content (AvgIpc) is 2.37. The lowest BCUT2D eigenvalue weighted by molar-refractivity contribution is 0.0385. The summed E-state index contributed by atoms with van der Waals surface area (Å²) in [5.41, 5.74) is -0.793. The van der Waals surface area contributed by atoms with Crippen molar-refractivity contribution in [3.8, 4) is 0 Å². The highest BCUT2D eigenvalue weighted by atomic mass is 16.3. The summed E-state index contributed by atoms with van der Waals surface area (Å²) in [6.07, 6.45) is 5.06. The molecule has 1 atom stereocenters. The van der Waals surface area contributed by atoms with Crippen molar-refractivity contribution in [1.29, 1.82) is 0 Å². The Balaban J connectivity index is 2.73. The Morgan fingerprint density at radius 2 is 2.45 bits per heavy atom. The van der Waals surface area contributed by atoms with E-state index >= 15 is 0 Å². The number of aliphatic hydroxyl groups is 1. The molecule has 0 radical (unpaired) electrons. The first-order valence-corrected chi connectivity index (χ1v) is 3.89. The van der Waals surface area contributed by atoms with Crippen molar-refractivity contribution in [2.24, 2.45) is 0 Å². The van der Waals surface area contributed by atoms with Crippen LogP contribution in [0.1, 0.15) is 32.5 Å². The molecule has 0 aliphatic heterocycles. The molecule has 0 saturated carbocycles. The Kier molecular flexibility index (Phi) is 2.29. The SMILES string of the molecule is CCC[C@](C)(O)c1ncc[nH]1. The summed E-state index contributed by atoms with van der Waals surface area (Å²) in [6, 6.07) is 0. The predicted octanol–water partition coefficient (Wildman–Crippen LogP) is 1.42. The largest absolute Gasteiger partial charge is 0.382 e. The van der Waals surface area contributed by atoms with Crippen LogP contribution in [0.4, 0.5) is 0 Å². The van der Waals surface area contributed by atoms with Crippen LogP contribution in [0.15, 0.2) is 12.4 Å². The number of hydrogen-bond acceptors (Lipinski definition) is 2. The molecular formula is C8H14N2O. The molecule has 2 N–H and O–H groups in total. The molecule has 1 aromatic rings. The van der Waals surface area contributed by atoms with Crippen LogP contribution in [0.2, 0.25) is 0 Å². The van der Waals surface area contributed by atoms with E-state index in [0.29, 0.717) is 5.82 Å². The number of H-pyrrole nitrogens is 1. The highest BCUT2D eigenvalue weighted by molar-refractivity contribution is 4.99. The number of imidazole rings is 1. The fourth-order valence-electron chi connectivity index (χ4n) is 1.17. The fraction of sp³-hybridized carbons (Fsp3) is 0.625. The van der Waals surface area contributed by atoms with Crippen molar-refractivity contribution in [3.63, 3.8) is 0 Å². The van der Waals surface area contributed by atoms with Gasteiger partial charge in [0.05, 0.1) is 0 Å². The van der Waals surface area contributed by atoms with E-state index in [1.54, 1.807) is 19.3 Å². The smallest absolute Gasteiger partial charge is 0.137 e. The second-order valence-corrected chi connectivity index (χ2v) is 2.96. The van der Waals surface area contributed by atoms with Crippen LogP contribution in [-0.4, -0.2) is 15.1 Å². The van der Waals surface area contributed by atoms with Crippen molar-refractivity contribution < 1.29 is 5.11 Å². The van der Waals surface area contributed by atoms with E-state index < -0.39 is 5.60 Å². The van der Waals surface area contributed by atoms with Crippen LogP contribution in [0.3, 0.4) is 0 Å². The van der Waals surface area contributed by atoms with E-state index in [0.717, 1.165) is 12.8 Å². The van der Waals surface area contributed by atoms with Gasteiger partial charge in [-0.05, 0) is 13.3 Å². The number of nitrogens with zero attached hydrogens (tertiary/aromatic N) is 1. The first kappa shape index (κ1) is 8.27. The highest BCUT2D eigenvalue weighted by Crippen LogP contribution is 2.21. The molecule has 62 valence electrons. The normalized spacial score (nSPS) is 16.3. The Labute approximate surface area is 66.5 Å². The van der Waals surface area contributed by atoms with Crippen molar-refractivity contribution in [2.75, 3.05) is 0 Å². The minimum Gasteiger partial charge on any atom is -0.382 e. The standard InChI is InChI=1S/C8H14N2O/c1-3-4-8(2,11)7-9-5-6-10-7/h5-6,11H,3-4H2,1-2H3,(H,9,10)/t8-/m0/s1. The monoisotopic (exact) mass is 154 g/mol. The first-order valence-electron chi connectivity index (χ1n) is 3.89. The summed E-state index contributed by atoms with van der Waals surface area (Å²) in [5, 5.41) is 9.78. The van der Waals surface area contributed by atoms with Gasteiger partial charge in [0, 0.05) is 12.4 Å². The highest BCUT2D eigenvalue weighted by Gasteiger charge is 2.23. The molecule has 0 bridgehead atoms. The summed E-state index contributed by atoms with van der Waals surface area (Å²) < 4.78 is 0. The first-order chi connectivity index (χ1) is 5.17. The van der Waals surface area contributed by atoms with Crippen molar-refractivity contribution in [1.82, 2.24) is 9.97 Å². The second kappa shape index (κ2) is 3.05. The molecule has 1 aromatic heterocycles. The molecule has 1 rings (SSSR count). The summed E-state index contributed by atoms with van der Waals surface area (Å²) in [5.74, 6) is 0.652. The van der Waals surface area contributed by atoms with E-state index in [9.17, 15) is 5.11 Å². The summed E-state index contributed by atoms with van der Waals surface area (Å²) in [6.45, 7) is 3.81. The number of aromatic nitrogens is 2. The molecule has 0 saturated heterocycles. The molecule has 0 spiro atoms. The molecule has 0 fully saturated rings. The zero-order chi connectivity index (χ0) is 8.32. The van der Waals surface area contributed by atoms with Gasteiger partial charge >= 0.3 is 0 Å². The van der Waals surface area contributed by atoms with E-state index in [-0.39, 0.29) is 0 Å². The summed E-state index contributed by atoms with van der Waals surface area (Å²) >= 11 is 0. The van der Waals surface area contributed by atoms with E-state index in [1.807, 2.05) is 6.92 Å². The fourth-order valence-corrected chi connectivity index (χ4v) is 1.17. The summed E-state index contributed by atoms with van der Waals surface area (Å²) in [7, 11) is 0. The molecule has 3 nitrogen and oxygen atoms in total. The molecular weight excluding hydrogens is 140 g/mol. The second-order valence-electron chi connectivity index (χ2n) is 2.96. The molecule has 11 heavy (non-hydrogen) atoms. The third-order valence-electron chi connectivity index (χ3n) is 1.75. The molecule has 0 aliphatic rings. The van der Waals surface area contributed by atoms with Gasteiger partial charge in [0.2, 0.25) is 0 Å². The lowest BCUT2D eigenvalue weighted by Crippen LogP contribution is -2.22. The molecule has 0 unspecified atom stereocenters. The Morgan fingerprint density at radius 1 is 1.73 bits per heavy atom. The van der Waals surface area contributed by atoms with Crippen molar-refractivity contribution in [3.05, 3.63) is 18.2 Å². The molecule has 3 heteroatoms. The molecule has 0 amide bonds. The number of aromatic amines is 1. The zero-order valence-corrected chi connectivity index (χ0v) is 6.96. The van der Waals surface area contributed by atoms with Crippen LogP contribution in [0.25, 0.3) is 0 Å². The van der Waals surface area contributed by atoms with Gasteiger partial charge in [-0.15, -0.1) is 0 Å². The Hall–Kier alpha value is -0.830. The van der Waals surface area contributed by atoms with Crippen molar-refractivity contribution in [2.45, 2.75) is 32.3 Å². The maximum Gasteiger partial charge on any atom is 0.137 e.